The SMILES string of the molecule is O=C(O)C1=CCS(=O)c2cc3ccccc3cc21. The number of rotatable bonds is 1. The molecule has 1 N–H and O–H groups in total. The third kappa shape index (κ3) is 1.66. The third-order valence-corrected chi connectivity index (χ3v) is 4.35. The quantitative estimate of drug-likeness (QED) is 0.854. The van der Waals surface area contributed by atoms with Crippen LogP contribution in [0.3, 0.4) is 0 Å². The van der Waals surface area contributed by atoms with E-state index in [2.05, 4.69) is 0 Å². The second-order valence-corrected chi connectivity index (χ2v) is 5.59. The van der Waals surface area contributed by atoms with Gasteiger partial charge in [0.1, 0.15) is 0 Å². The fourth-order valence-corrected chi connectivity index (χ4v) is 3.35. The van der Waals surface area contributed by atoms with Crippen LogP contribution in [0.4, 0.5) is 0 Å². The number of hydrogen-bond acceptors (Lipinski definition) is 2. The summed E-state index contributed by atoms with van der Waals surface area (Å²) in [4.78, 5) is 11.8. The number of carbonyl (C=O) groups is 1. The molecular formula is C14H10O3S. The molecule has 18 heavy (non-hydrogen) atoms. The minimum atomic E-state index is -1.15. The van der Waals surface area contributed by atoms with Gasteiger partial charge in [0.2, 0.25) is 0 Å². The number of hydrogen-bond donors (Lipinski definition) is 1. The van der Waals surface area contributed by atoms with Crippen molar-refractivity contribution >= 4 is 33.1 Å². The normalized spacial score (nSPS) is 18.2. The molecule has 1 aliphatic heterocycles. The Morgan fingerprint density at radius 1 is 1.17 bits per heavy atom. The van der Waals surface area contributed by atoms with Crippen LogP contribution in [0.5, 0.6) is 0 Å². The first-order valence-corrected chi connectivity index (χ1v) is 6.84. The molecule has 0 aliphatic carbocycles. The maximum absolute atomic E-state index is 12.0. The topological polar surface area (TPSA) is 54.4 Å². The molecule has 0 radical (unpaired) electrons. The second-order valence-electron chi connectivity index (χ2n) is 4.13. The predicted molar refractivity (Wildman–Crippen MR) is 70.8 cm³/mol. The van der Waals surface area contributed by atoms with E-state index < -0.39 is 16.8 Å². The van der Waals surface area contributed by atoms with Crippen molar-refractivity contribution < 1.29 is 14.1 Å². The van der Waals surface area contributed by atoms with Crippen LogP contribution in [-0.4, -0.2) is 21.0 Å². The summed E-state index contributed by atoms with van der Waals surface area (Å²) < 4.78 is 12.0. The van der Waals surface area contributed by atoms with Crippen LogP contribution in [0, 0.1) is 0 Å². The molecular weight excluding hydrogens is 248 g/mol. The molecule has 3 nitrogen and oxygen atoms in total. The van der Waals surface area contributed by atoms with Crippen molar-refractivity contribution in [1.82, 2.24) is 0 Å². The highest BCUT2D eigenvalue weighted by molar-refractivity contribution is 7.85. The van der Waals surface area contributed by atoms with Gasteiger partial charge in [0.15, 0.2) is 0 Å². The van der Waals surface area contributed by atoms with Crippen molar-refractivity contribution in [1.29, 1.82) is 0 Å². The molecule has 1 heterocycles. The molecule has 1 aliphatic rings. The van der Waals surface area contributed by atoms with Gasteiger partial charge in [0.05, 0.1) is 16.4 Å². The third-order valence-electron chi connectivity index (χ3n) is 3.05. The number of carboxylic acids is 1. The Kier molecular flexibility index (Phi) is 2.52. The van der Waals surface area contributed by atoms with E-state index in [4.69, 9.17) is 0 Å². The minimum absolute atomic E-state index is 0.246. The zero-order valence-electron chi connectivity index (χ0n) is 9.42. The number of benzene rings is 2. The Bertz CT molecular complexity index is 716. The first-order chi connectivity index (χ1) is 8.66. The number of fused-ring (bicyclic) bond motifs is 2. The predicted octanol–water partition coefficient (Wildman–Crippen LogP) is 2.43. The maximum atomic E-state index is 12.0. The maximum Gasteiger partial charge on any atom is 0.336 e. The van der Waals surface area contributed by atoms with Gasteiger partial charge in [0, 0.05) is 16.2 Å². The fraction of sp³-hybridized carbons (Fsp3) is 0.0714. The smallest absolute Gasteiger partial charge is 0.336 e. The van der Waals surface area contributed by atoms with Crippen molar-refractivity contribution in [2.75, 3.05) is 5.75 Å². The highest BCUT2D eigenvalue weighted by atomic mass is 32.2. The summed E-state index contributed by atoms with van der Waals surface area (Å²) in [5.41, 5.74) is 0.820. The summed E-state index contributed by atoms with van der Waals surface area (Å²) in [6.07, 6.45) is 1.54. The lowest BCUT2D eigenvalue weighted by Gasteiger charge is -2.15. The molecule has 0 bridgehead atoms. The van der Waals surface area contributed by atoms with E-state index in [9.17, 15) is 14.1 Å². The first-order valence-electron chi connectivity index (χ1n) is 5.52. The number of aliphatic carboxylic acids is 1. The summed E-state index contributed by atoms with van der Waals surface area (Å²) in [6, 6.07) is 11.3. The van der Waals surface area contributed by atoms with Crippen LogP contribution in [0.15, 0.2) is 47.4 Å². The number of carboxylic acid groups (broad SMARTS) is 1. The molecule has 90 valence electrons. The molecule has 0 saturated heterocycles. The zero-order chi connectivity index (χ0) is 12.7. The Morgan fingerprint density at radius 3 is 2.50 bits per heavy atom. The summed E-state index contributed by atoms with van der Waals surface area (Å²) in [7, 11) is -1.15. The summed E-state index contributed by atoms with van der Waals surface area (Å²) >= 11 is 0. The Morgan fingerprint density at radius 2 is 1.83 bits per heavy atom. The average molecular weight is 258 g/mol. The second kappa shape index (κ2) is 4.07. The van der Waals surface area contributed by atoms with E-state index in [1.54, 1.807) is 0 Å². The fourth-order valence-electron chi connectivity index (χ4n) is 2.18. The molecule has 0 spiro atoms. The van der Waals surface area contributed by atoms with Crippen molar-refractivity contribution in [2.45, 2.75) is 4.90 Å². The minimum Gasteiger partial charge on any atom is -0.478 e. The largest absolute Gasteiger partial charge is 0.478 e. The van der Waals surface area contributed by atoms with Crippen molar-refractivity contribution in [3.63, 3.8) is 0 Å². The summed E-state index contributed by atoms with van der Waals surface area (Å²) in [6.45, 7) is 0. The molecule has 3 rings (SSSR count). The molecule has 1 atom stereocenters. The van der Waals surface area contributed by atoms with E-state index in [0.29, 0.717) is 10.5 Å². The molecule has 0 saturated carbocycles. The van der Waals surface area contributed by atoms with E-state index in [1.807, 2.05) is 36.4 Å². The highest BCUT2D eigenvalue weighted by Gasteiger charge is 2.22. The van der Waals surface area contributed by atoms with Crippen LogP contribution in [-0.2, 0) is 15.6 Å². The van der Waals surface area contributed by atoms with Crippen LogP contribution in [0.2, 0.25) is 0 Å². The lowest BCUT2D eigenvalue weighted by molar-refractivity contribution is -0.130. The van der Waals surface area contributed by atoms with Crippen LogP contribution < -0.4 is 0 Å². The van der Waals surface area contributed by atoms with Gasteiger partial charge in [-0.25, -0.2) is 4.79 Å². The Labute approximate surface area is 106 Å². The van der Waals surface area contributed by atoms with Gasteiger partial charge in [0.25, 0.3) is 0 Å². The van der Waals surface area contributed by atoms with Crippen LogP contribution in [0.25, 0.3) is 16.3 Å². The van der Waals surface area contributed by atoms with E-state index in [-0.39, 0.29) is 11.3 Å². The molecule has 2 aromatic carbocycles. The van der Waals surface area contributed by atoms with E-state index in [1.165, 1.54) is 6.08 Å². The van der Waals surface area contributed by atoms with E-state index >= 15 is 0 Å². The van der Waals surface area contributed by atoms with Gasteiger partial charge in [-0.2, -0.15) is 0 Å². The lowest BCUT2D eigenvalue weighted by atomic mass is 10.0. The molecule has 1 unspecified atom stereocenters. The molecule has 0 fully saturated rings. The van der Waals surface area contributed by atoms with Crippen molar-refractivity contribution in [2.24, 2.45) is 0 Å². The highest BCUT2D eigenvalue weighted by Crippen LogP contribution is 2.31. The van der Waals surface area contributed by atoms with Gasteiger partial charge < -0.3 is 5.11 Å². The van der Waals surface area contributed by atoms with Gasteiger partial charge in [-0.3, -0.25) is 4.21 Å². The standard InChI is InChI=1S/C14H10O3S/c15-14(16)11-5-6-18(17)13-8-10-4-2-1-3-9(10)7-12(11)13/h1-5,7-8H,6H2,(H,15,16). The van der Waals surface area contributed by atoms with Gasteiger partial charge >= 0.3 is 5.97 Å². The first kappa shape index (κ1) is 11.2. The zero-order valence-corrected chi connectivity index (χ0v) is 10.2. The monoisotopic (exact) mass is 258 g/mol. The van der Waals surface area contributed by atoms with Crippen LogP contribution in [0.1, 0.15) is 5.56 Å². The van der Waals surface area contributed by atoms with Gasteiger partial charge in [-0.05, 0) is 22.9 Å². The molecule has 0 aromatic heterocycles. The Balaban J connectivity index is 2.34. The molecule has 4 heteroatoms. The van der Waals surface area contributed by atoms with Crippen molar-refractivity contribution in [3.8, 4) is 0 Å². The average Bonchev–Trinajstić information content (AvgIpc) is 2.37. The summed E-state index contributed by atoms with van der Waals surface area (Å²) in [5.74, 6) is -0.698. The van der Waals surface area contributed by atoms with Crippen LogP contribution >= 0.6 is 0 Å². The molecule has 0 amide bonds. The van der Waals surface area contributed by atoms with Gasteiger partial charge in [-0.15, -0.1) is 0 Å². The summed E-state index contributed by atoms with van der Waals surface area (Å²) in [5, 5.41) is 11.1. The van der Waals surface area contributed by atoms with Gasteiger partial charge in [-0.1, -0.05) is 30.3 Å². The Hall–Kier alpha value is -1.94. The van der Waals surface area contributed by atoms with Crippen molar-refractivity contribution in [3.05, 3.63) is 48.0 Å². The lowest BCUT2D eigenvalue weighted by Crippen LogP contribution is -2.11. The van der Waals surface area contributed by atoms with E-state index in [0.717, 1.165) is 10.8 Å². The molecule has 2 aromatic rings.